The highest BCUT2D eigenvalue weighted by molar-refractivity contribution is 5.97. The second-order valence-electron chi connectivity index (χ2n) is 6.41. The van der Waals surface area contributed by atoms with Crippen molar-refractivity contribution < 1.29 is 19.5 Å². The summed E-state index contributed by atoms with van der Waals surface area (Å²) in [5.41, 5.74) is 1.70. The number of nitrogens with one attached hydrogen (secondary N) is 1. The van der Waals surface area contributed by atoms with E-state index < -0.39 is 11.9 Å². The van der Waals surface area contributed by atoms with E-state index in [0.29, 0.717) is 12.2 Å². The Morgan fingerprint density at radius 1 is 1.12 bits per heavy atom. The minimum absolute atomic E-state index is 0.0391. The summed E-state index contributed by atoms with van der Waals surface area (Å²) in [5, 5.41) is 11.7. The van der Waals surface area contributed by atoms with E-state index in [9.17, 15) is 14.4 Å². The lowest BCUT2D eigenvalue weighted by Gasteiger charge is -2.25. The van der Waals surface area contributed by atoms with Crippen LogP contribution in [0.3, 0.4) is 0 Å². The van der Waals surface area contributed by atoms with E-state index in [-0.39, 0.29) is 29.8 Å². The van der Waals surface area contributed by atoms with E-state index >= 15 is 0 Å². The lowest BCUT2D eigenvalue weighted by molar-refractivity contribution is -0.129. The van der Waals surface area contributed by atoms with Crippen LogP contribution in [0.15, 0.2) is 54.6 Å². The standard InChI is InChI=1S/C20H20N2O4/c1-13(14-5-3-2-4-6-14)22-12-16(11-18(22)23)19(24)21-17-9-7-15(8-10-17)20(25)26/h2-10,13,16H,11-12H2,1H3,(H,21,24)(H,25,26). The maximum absolute atomic E-state index is 12.5. The van der Waals surface area contributed by atoms with Crippen molar-refractivity contribution in [3.05, 3.63) is 65.7 Å². The second kappa shape index (κ2) is 7.39. The van der Waals surface area contributed by atoms with Gasteiger partial charge in [0.25, 0.3) is 0 Å². The van der Waals surface area contributed by atoms with Crippen molar-refractivity contribution in [2.45, 2.75) is 19.4 Å². The molecule has 1 heterocycles. The molecule has 1 fully saturated rings. The predicted octanol–water partition coefficient (Wildman–Crippen LogP) is 2.93. The Balaban J connectivity index is 1.64. The van der Waals surface area contributed by atoms with Gasteiger partial charge in [-0.2, -0.15) is 0 Å². The maximum atomic E-state index is 12.5. The highest BCUT2D eigenvalue weighted by atomic mass is 16.4. The number of hydrogen-bond donors (Lipinski definition) is 2. The quantitative estimate of drug-likeness (QED) is 0.866. The summed E-state index contributed by atoms with van der Waals surface area (Å²) in [5.74, 6) is -1.71. The van der Waals surface area contributed by atoms with Crippen LogP contribution in [-0.4, -0.2) is 34.3 Å². The first-order valence-electron chi connectivity index (χ1n) is 8.44. The number of hydrogen-bond acceptors (Lipinski definition) is 3. The first kappa shape index (κ1) is 17.7. The summed E-state index contributed by atoms with van der Waals surface area (Å²) in [6.45, 7) is 2.33. The minimum atomic E-state index is -1.02. The van der Waals surface area contributed by atoms with Crippen LogP contribution in [0.4, 0.5) is 5.69 Å². The van der Waals surface area contributed by atoms with Crippen LogP contribution in [0.5, 0.6) is 0 Å². The summed E-state index contributed by atoms with van der Waals surface area (Å²) < 4.78 is 0. The van der Waals surface area contributed by atoms with Crippen molar-refractivity contribution in [3.8, 4) is 0 Å². The molecule has 0 saturated carbocycles. The number of rotatable bonds is 5. The van der Waals surface area contributed by atoms with Gasteiger partial charge in [0, 0.05) is 18.7 Å². The molecule has 6 heteroatoms. The third-order valence-electron chi connectivity index (χ3n) is 4.68. The van der Waals surface area contributed by atoms with Gasteiger partial charge in [-0.25, -0.2) is 4.79 Å². The van der Waals surface area contributed by atoms with Gasteiger partial charge in [0.15, 0.2) is 0 Å². The van der Waals surface area contributed by atoms with Crippen molar-refractivity contribution in [1.29, 1.82) is 0 Å². The molecule has 2 aromatic rings. The number of carboxylic acids is 1. The van der Waals surface area contributed by atoms with Crippen LogP contribution in [0.1, 0.15) is 35.3 Å². The van der Waals surface area contributed by atoms with Crippen LogP contribution in [0.2, 0.25) is 0 Å². The van der Waals surface area contributed by atoms with Crippen molar-refractivity contribution in [2.75, 3.05) is 11.9 Å². The number of carboxylic acid groups (broad SMARTS) is 1. The van der Waals surface area contributed by atoms with Crippen LogP contribution in [0, 0.1) is 5.92 Å². The van der Waals surface area contributed by atoms with Crippen molar-refractivity contribution in [3.63, 3.8) is 0 Å². The normalized spacial score (nSPS) is 17.8. The molecular formula is C20H20N2O4. The molecule has 6 nitrogen and oxygen atoms in total. The molecule has 0 aliphatic carbocycles. The SMILES string of the molecule is CC(c1ccccc1)N1CC(C(=O)Nc2ccc(C(=O)O)cc2)CC1=O. The molecular weight excluding hydrogens is 332 g/mol. The zero-order valence-electron chi connectivity index (χ0n) is 14.4. The molecule has 1 aliphatic heterocycles. The Morgan fingerprint density at radius 3 is 2.38 bits per heavy atom. The molecule has 26 heavy (non-hydrogen) atoms. The molecule has 3 rings (SSSR count). The molecule has 0 bridgehead atoms. The third-order valence-corrected chi connectivity index (χ3v) is 4.68. The molecule has 2 unspecified atom stereocenters. The Bertz CT molecular complexity index is 817. The lowest BCUT2D eigenvalue weighted by Crippen LogP contribution is -2.30. The van der Waals surface area contributed by atoms with E-state index in [2.05, 4.69) is 5.32 Å². The Labute approximate surface area is 151 Å². The summed E-state index contributed by atoms with van der Waals surface area (Å²) in [4.78, 5) is 37.4. The molecule has 2 atom stereocenters. The topological polar surface area (TPSA) is 86.7 Å². The Morgan fingerprint density at radius 2 is 1.77 bits per heavy atom. The van der Waals surface area contributed by atoms with Crippen LogP contribution >= 0.6 is 0 Å². The molecule has 0 aromatic heterocycles. The molecule has 2 N–H and O–H groups in total. The number of carbonyl (C=O) groups is 3. The van der Waals surface area contributed by atoms with Crippen LogP contribution < -0.4 is 5.32 Å². The van der Waals surface area contributed by atoms with Crippen molar-refractivity contribution in [1.82, 2.24) is 4.90 Å². The number of benzene rings is 2. The van der Waals surface area contributed by atoms with Crippen LogP contribution in [-0.2, 0) is 9.59 Å². The number of aromatic carboxylic acids is 1. The van der Waals surface area contributed by atoms with Gasteiger partial charge in [0.05, 0.1) is 17.5 Å². The lowest BCUT2D eigenvalue weighted by atomic mass is 10.1. The van der Waals surface area contributed by atoms with Gasteiger partial charge in [0.1, 0.15) is 0 Å². The number of likely N-dealkylation sites (tertiary alicyclic amines) is 1. The summed E-state index contributed by atoms with van der Waals surface area (Å²) in [6, 6.07) is 15.6. The average Bonchev–Trinajstić information content (AvgIpc) is 3.04. The molecule has 2 aromatic carbocycles. The monoisotopic (exact) mass is 352 g/mol. The fraction of sp³-hybridized carbons (Fsp3) is 0.250. The summed E-state index contributed by atoms with van der Waals surface area (Å²) in [6.07, 6.45) is 0.177. The van der Waals surface area contributed by atoms with Gasteiger partial charge in [-0.15, -0.1) is 0 Å². The zero-order valence-corrected chi connectivity index (χ0v) is 14.4. The molecule has 1 aliphatic rings. The highest BCUT2D eigenvalue weighted by Gasteiger charge is 2.37. The second-order valence-corrected chi connectivity index (χ2v) is 6.41. The van der Waals surface area contributed by atoms with E-state index in [1.807, 2.05) is 37.3 Å². The number of carbonyl (C=O) groups excluding carboxylic acids is 2. The van der Waals surface area contributed by atoms with Gasteiger partial charge >= 0.3 is 5.97 Å². The van der Waals surface area contributed by atoms with Crippen LogP contribution in [0.25, 0.3) is 0 Å². The number of anilines is 1. The van der Waals surface area contributed by atoms with Gasteiger partial charge in [-0.1, -0.05) is 30.3 Å². The highest BCUT2D eigenvalue weighted by Crippen LogP contribution is 2.29. The van der Waals surface area contributed by atoms with E-state index in [4.69, 9.17) is 5.11 Å². The summed E-state index contributed by atoms with van der Waals surface area (Å²) in [7, 11) is 0. The number of nitrogens with zero attached hydrogens (tertiary/aromatic N) is 1. The molecule has 0 radical (unpaired) electrons. The molecule has 0 spiro atoms. The first-order chi connectivity index (χ1) is 12.5. The first-order valence-corrected chi connectivity index (χ1v) is 8.44. The van der Waals surface area contributed by atoms with E-state index in [0.717, 1.165) is 5.56 Å². The minimum Gasteiger partial charge on any atom is -0.478 e. The number of amides is 2. The van der Waals surface area contributed by atoms with Gasteiger partial charge in [-0.05, 0) is 36.8 Å². The largest absolute Gasteiger partial charge is 0.478 e. The van der Waals surface area contributed by atoms with Gasteiger partial charge < -0.3 is 15.3 Å². The third kappa shape index (κ3) is 3.74. The molecule has 1 saturated heterocycles. The fourth-order valence-corrected chi connectivity index (χ4v) is 3.13. The smallest absolute Gasteiger partial charge is 0.335 e. The molecule has 134 valence electrons. The van der Waals surface area contributed by atoms with E-state index in [1.54, 1.807) is 17.0 Å². The fourth-order valence-electron chi connectivity index (χ4n) is 3.13. The van der Waals surface area contributed by atoms with E-state index in [1.165, 1.54) is 12.1 Å². The maximum Gasteiger partial charge on any atom is 0.335 e. The van der Waals surface area contributed by atoms with Crippen molar-refractivity contribution in [2.24, 2.45) is 5.92 Å². The Kier molecular flexibility index (Phi) is 5.02. The van der Waals surface area contributed by atoms with Gasteiger partial charge in [-0.3, -0.25) is 9.59 Å². The van der Waals surface area contributed by atoms with Crippen molar-refractivity contribution >= 4 is 23.5 Å². The van der Waals surface area contributed by atoms with Gasteiger partial charge in [0.2, 0.25) is 11.8 Å². The Hall–Kier alpha value is -3.15. The average molecular weight is 352 g/mol. The summed E-state index contributed by atoms with van der Waals surface area (Å²) >= 11 is 0. The predicted molar refractivity (Wildman–Crippen MR) is 96.7 cm³/mol. The molecule has 2 amide bonds. The zero-order chi connectivity index (χ0) is 18.7.